The third-order valence-electron chi connectivity index (χ3n) is 4.79. The Labute approximate surface area is 142 Å². The fourth-order valence-corrected chi connectivity index (χ4v) is 3.40. The second kappa shape index (κ2) is 9.14. The van der Waals surface area contributed by atoms with Crippen LogP contribution >= 0.6 is 0 Å². The molecule has 1 aliphatic carbocycles. The van der Waals surface area contributed by atoms with E-state index in [1.807, 2.05) is 14.1 Å². The molecule has 1 saturated carbocycles. The van der Waals surface area contributed by atoms with Gasteiger partial charge in [0.05, 0.1) is 12.0 Å². The van der Waals surface area contributed by atoms with E-state index in [0.29, 0.717) is 18.5 Å². The van der Waals surface area contributed by atoms with E-state index in [9.17, 15) is 4.79 Å². The molecule has 1 amide bonds. The zero-order valence-corrected chi connectivity index (χ0v) is 15.7. The van der Waals surface area contributed by atoms with E-state index in [-0.39, 0.29) is 11.3 Å². The lowest BCUT2D eigenvalue weighted by Crippen LogP contribution is -2.43. The lowest BCUT2D eigenvalue weighted by molar-refractivity contribution is -0.138. The van der Waals surface area contributed by atoms with E-state index in [1.165, 1.54) is 12.8 Å². The van der Waals surface area contributed by atoms with Crippen LogP contribution in [0.3, 0.4) is 0 Å². The smallest absolute Gasteiger partial charge is 0.230 e. The molecular weight excluding hydrogens is 288 g/mol. The van der Waals surface area contributed by atoms with Gasteiger partial charge in [-0.15, -0.1) is 0 Å². The topological polar surface area (TPSA) is 70.7 Å². The molecule has 134 valence electrons. The van der Waals surface area contributed by atoms with E-state index < -0.39 is 0 Å². The lowest BCUT2D eigenvalue weighted by Gasteiger charge is -2.29. The first kappa shape index (κ1) is 19.8. The van der Waals surface area contributed by atoms with Gasteiger partial charge in [-0.2, -0.15) is 0 Å². The van der Waals surface area contributed by atoms with Gasteiger partial charge in [0.2, 0.25) is 5.91 Å². The molecule has 0 spiro atoms. The molecule has 0 bridgehead atoms. The maximum atomic E-state index is 12.5. The summed E-state index contributed by atoms with van der Waals surface area (Å²) in [5, 5.41) is 3.27. The third-order valence-corrected chi connectivity index (χ3v) is 4.79. The molecule has 1 atom stereocenters. The number of hydrogen-bond donors (Lipinski definition) is 2. The van der Waals surface area contributed by atoms with E-state index in [1.54, 1.807) is 4.90 Å². The molecule has 0 aromatic rings. The van der Waals surface area contributed by atoms with Gasteiger partial charge in [0.25, 0.3) is 0 Å². The highest BCUT2D eigenvalue weighted by molar-refractivity contribution is 5.84. The number of aliphatic imine (C=N–C) groups is 1. The SMILES string of the molecule is CC(C)CCCC(C)NC(N)=NCC1(C(=O)N(C)C)CCCC1. The summed E-state index contributed by atoms with van der Waals surface area (Å²) in [6.07, 6.45) is 7.58. The summed E-state index contributed by atoms with van der Waals surface area (Å²) in [5.41, 5.74) is 5.70. The summed E-state index contributed by atoms with van der Waals surface area (Å²) in [6.45, 7) is 7.13. The average Bonchev–Trinajstić information content (AvgIpc) is 2.93. The molecule has 5 heteroatoms. The number of rotatable bonds is 8. The Hall–Kier alpha value is -1.26. The van der Waals surface area contributed by atoms with Gasteiger partial charge in [0.1, 0.15) is 0 Å². The van der Waals surface area contributed by atoms with Gasteiger partial charge >= 0.3 is 0 Å². The first-order valence-electron chi connectivity index (χ1n) is 9.05. The van der Waals surface area contributed by atoms with Crippen LogP contribution in [0.4, 0.5) is 0 Å². The van der Waals surface area contributed by atoms with Crippen molar-refractivity contribution in [2.75, 3.05) is 20.6 Å². The number of nitrogens with one attached hydrogen (secondary N) is 1. The highest BCUT2D eigenvalue weighted by Gasteiger charge is 2.41. The van der Waals surface area contributed by atoms with Crippen LogP contribution in [-0.4, -0.2) is 43.4 Å². The monoisotopic (exact) mass is 324 g/mol. The summed E-state index contributed by atoms with van der Waals surface area (Å²) in [5.74, 6) is 1.41. The van der Waals surface area contributed by atoms with Crippen LogP contribution in [0.1, 0.15) is 65.7 Å². The van der Waals surface area contributed by atoms with E-state index >= 15 is 0 Å². The van der Waals surface area contributed by atoms with Crippen molar-refractivity contribution in [2.45, 2.75) is 71.8 Å². The molecular formula is C18H36N4O. The molecule has 1 fully saturated rings. The van der Waals surface area contributed by atoms with Crippen LogP contribution in [0.15, 0.2) is 4.99 Å². The molecule has 0 aliphatic heterocycles. The molecule has 0 saturated heterocycles. The van der Waals surface area contributed by atoms with Gasteiger partial charge in [-0.1, -0.05) is 39.5 Å². The van der Waals surface area contributed by atoms with Gasteiger partial charge in [-0.3, -0.25) is 9.79 Å². The van der Waals surface area contributed by atoms with Crippen LogP contribution in [0.5, 0.6) is 0 Å². The number of amides is 1. The fourth-order valence-electron chi connectivity index (χ4n) is 3.40. The maximum Gasteiger partial charge on any atom is 0.230 e. The molecule has 0 aromatic carbocycles. The molecule has 1 unspecified atom stereocenters. The largest absolute Gasteiger partial charge is 0.370 e. The Kier molecular flexibility index (Phi) is 7.86. The van der Waals surface area contributed by atoms with Crippen LogP contribution in [0, 0.1) is 11.3 Å². The zero-order valence-electron chi connectivity index (χ0n) is 15.7. The minimum Gasteiger partial charge on any atom is -0.370 e. The van der Waals surface area contributed by atoms with Crippen molar-refractivity contribution in [2.24, 2.45) is 22.1 Å². The molecule has 5 nitrogen and oxygen atoms in total. The molecule has 3 N–H and O–H groups in total. The Morgan fingerprint density at radius 1 is 1.22 bits per heavy atom. The van der Waals surface area contributed by atoms with E-state index in [2.05, 4.69) is 31.1 Å². The molecule has 1 rings (SSSR count). The van der Waals surface area contributed by atoms with Gasteiger partial charge in [-0.25, -0.2) is 0 Å². The zero-order chi connectivity index (χ0) is 17.5. The fraction of sp³-hybridized carbons (Fsp3) is 0.889. The number of carbonyl (C=O) groups is 1. The molecule has 23 heavy (non-hydrogen) atoms. The van der Waals surface area contributed by atoms with E-state index in [4.69, 9.17) is 5.73 Å². The van der Waals surface area contributed by atoms with Crippen molar-refractivity contribution in [3.8, 4) is 0 Å². The van der Waals surface area contributed by atoms with Crippen LogP contribution in [0.25, 0.3) is 0 Å². The Bertz CT molecular complexity index is 398. The van der Waals surface area contributed by atoms with Gasteiger partial charge in [-0.05, 0) is 32.1 Å². The Balaban J connectivity index is 2.51. The lowest BCUT2D eigenvalue weighted by atomic mass is 9.85. The second-order valence-corrected chi connectivity index (χ2v) is 7.76. The minimum atomic E-state index is -0.337. The van der Waals surface area contributed by atoms with Crippen molar-refractivity contribution in [1.29, 1.82) is 0 Å². The standard InChI is InChI=1S/C18H36N4O/c1-14(2)9-8-10-15(3)21-17(19)20-13-18(11-6-7-12-18)16(23)22(4)5/h14-15H,6-13H2,1-5H3,(H3,19,20,21). The van der Waals surface area contributed by atoms with Gasteiger partial charge < -0.3 is 16.0 Å². The Morgan fingerprint density at radius 3 is 2.35 bits per heavy atom. The van der Waals surface area contributed by atoms with Crippen molar-refractivity contribution < 1.29 is 4.79 Å². The predicted octanol–water partition coefficient (Wildman–Crippen LogP) is 2.75. The summed E-state index contributed by atoms with van der Waals surface area (Å²) in [4.78, 5) is 18.7. The Morgan fingerprint density at radius 2 is 1.83 bits per heavy atom. The highest BCUT2D eigenvalue weighted by atomic mass is 16.2. The second-order valence-electron chi connectivity index (χ2n) is 7.76. The summed E-state index contributed by atoms with van der Waals surface area (Å²) < 4.78 is 0. The number of nitrogens with two attached hydrogens (primary N) is 1. The molecule has 0 heterocycles. The minimum absolute atomic E-state index is 0.191. The van der Waals surface area contributed by atoms with Crippen LogP contribution in [-0.2, 0) is 4.79 Å². The van der Waals surface area contributed by atoms with Crippen LogP contribution < -0.4 is 11.1 Å². The van der Waals surface area contributed by atoms with Crippen molar-refractivity contribution >= 4 is 11.9 Å². The summed E-state index contributed by atoms with van der Waals surface area (Å²) >= 11 is 0. The van der Waals surface area contributed by atoms with Crippen LogP contribution in [0.2, 0.25) is 0 Å². The van der Waals surface area contributed by atoms with Gasteiger partial charge in [0, 0.05) is 20.1 Å². The summed E-state index contributed by atoms with van der Waals surface area (Å²) in [7, 11) is 3.65. The molecule has 1 aliphatic rings. The predicted molar refractivity (Wildman–Crippen MR) is 97.4 cm³/mol. The van der Waals surface area contributed by atoms with Crippen molar-refractivity contribution in [1.82, 2.24) is 10.2 Å². The number of hydrogen-bond acceptors (Lipinski definition) is 2. The average molecular weight is 325 g/mol. The first-order chi connectivity index (χ1) is 10.8. The van der Waals surface area contributed by atoms with E-state index in [0.717, 1.165) is 38.0 Å². The molecule has 0 aromatic heterocycles. The quantitative estimate of drug-likeness (QED) is 0.533. The number of nitrogens with zero attached hydrogens (tertiary/aromatic N) is 2. The molecule has 0 radical (unpaired) electrons. The summed E-state index contributed by atoms with van der Waals surface area (Å²) in [6, 6.07) is 0.321. The van der Waals surface area contributed by atoms with Gasteiger partial charge in [0.15, 0.2) is 5.96 Å². The third kappa shape index (κ3) is 6.40. The number of guanidine groups is 1. The van der Waals surface area contributed by atoms with Crippen molar-refractivity contribution in [3.63, 3.8) is 0 Å². The first-order valence-corrected chi connectivity index (χ1v) is 9.05. The van der Waals surface area contributed by atoms with Crippen molar-refractivity contribution in [3.05, 3.63) is 0 Å². The number of carbonyl (C=O) groups excluding carboxylic acids is 1. The normalized spacial score (nSPS) is 19.0. The maximum absolute atomic E-state index is 12.5. The highest BCUT2D eigenvalue weighted by Crippen LogP contribution is 2.39.